The third-order valence-electron chi connectivity index (χ3n) is 4.27. The Morgan fingerprint density at radius 2 is 2.15 bits per heavy atom. The molecule has 7 heteroatoms. The predicted molar refractivity (Wildman–Crippen MR) is 111 cm³/mol. The van der Waals surface area contributed by atoms with Crippen LogP contribution in [0.15, 0.2) is 41.2 Å². The van der Waals surface area contributed by atoms with E-state index >= 15 is 0 Å². The quantitative estimate of drug-likeness (QED) is 0.626. The second-order valence-corrected chi connectivity index (χ2v) is 8.66. The summed E-state index contributed by atoms with van der Waals surface area (Å²) in [7, 11) is 1.93. The lowest BCUT2D eigenvalue weighted by Crippen LogP contribution is -2.37. The molecule has 27 heavy (non-hydrogen) atoms. The van der Waals surface area contributed by atoms with Crippen molar-refractivity contribution in [3.8, 4) is 0 Å². The summed E-state index contributed by atoms with van der Waals surface area (Å²) in [6.45, 7) is 5.04. The second-order valence-electron chi connectivity index (χ2n) is 6.64. The van der Waals surface area contributed by atoms with Gasteiger partial charge < -0.3 is 5.32 Å². The Bertz CT molecular complexity index is 842. The Morgan fingerprint density at radius 1 is 1.30 bits per heavy atom. The summed E-state index contributed by atoms with van der Waals surface area (Å²) >= 11 is 3.33. The SMILES string of the molecule is Cc1nc(C(Cc2ccsc2)NC(=O)CN(C)Cc2ccccn2)sc1C. The first-order valence-electron chi connectivity index (χ1n) is 8.84. The number of nitrogens with one attached hydrogen (secondary N) is 1. The van der Waals surface area contributed by atoms with E-state index in [1.54, 1.807) is 28.9 Å². The van der Waals surface area contributed by atoms with Crippen LogP contribution in [-0.2, 0) is 17.8 Å². The number of thiophene rings is 1. The van der Waals surface area contributed by atoms with Crippen molar-refractivity contribution < 1.29 is 4.79 Å². The van der Waals surface area contributed by atoms with Gasteiger partial charge in [0.25, 0.3) is 0 Å². The largest absolute Gasteiger partial charge is 0.345 e. The molecule has 5 nitrogen and oxygen atoms in total. The van der Waals surface area contributed by atoms with E-state index in [1.807, 2.05) is 37.1 Å². The van der Waals surface area contributed by atoms with Crippen LogP contribution in [0.1, 0.15) is 32.9 Å². The zero-order chi connectivity index (χ0) is 19.2. The van der Waals surface area contributed by atoms with E-state index in [4.69, 9.17) is 0 Å². The molecule has 0 bridgehead atoms. The van der Waals surface area contributed by atoms with E-state index in [0.29, 0.717) is 13.1 Å². The minimum atomic E-state index is -0.104. The van der Waals surface area contributed by atoms with E-state index in [1.165, 1.54) is 10.4 Å². The predicted octanol–water partition coefficient (Wildman–Crippen LogP) is 3.75. The molecule has 3 aromatic rings. The average Bonchev–Trinajstić information content (AvgIpc) is 3.25. The van der Waals surface area contributed by atoms with E-state index in [2.05, 4.69) is 39.0 Å². The summed E-state index contributed by atoms with van der Waals surface area (Å²) in [6.07, 6.45) is 2.53. The summed E-state index contributed by atoms with van der Waals surface area (Å²) in [5, 5.41) is 8.34. The number of rotatable bonds is 8. The number of carbonyl (C=O) groups excluding carboxylic acids is 1. The average molecular weight is 401 g/mol. The molecule has 0 aliphatic heterocycles. The minimum absolute atomic E-state index is 0.000771. The summed E-state index contributed by atoms with van der Waals surface area (Å²) < 4.78 is 0. The second kappa shape index (κ2) is 9.21. The van der Waals surface area contributed by atoms with Crippen molar-refractivity contribution in [1.29, 1.82) is 0 Å². The molecule has 3 heterocycles. The number of amides is 1. The molecular weight excluding hydrogens is 376 g/mol. The van der Waals surface area contributed by atoms with E-state index in [-0.39, 0.29) is 11.9 Å². The summed E-state index contributed by atoms with van der Waals surface area (Å²) in [5.41, 5.74) is 3.21. The highest BCUT2D eigenvalue weighted by Crippen LogP contribution is 2.26. The van der Waals surface area contributed by atoms with Gasteiger partial charge in [0.2, 0.25) is 5.91 Å². The molecule has 0 aromatic carbocycles. The van der Waals surface area contributed by atoms with Gasteiger partial charge >= 0.3 is 0 Å². The van der Waals surface area contributed by atoms with Crippen molar-refractivity contribution in [2.45, 2.75) is 32.9 Å². The fraction of sp³-hybridized carbons (Fsp3) is 0.350. The van der Waals surface area contributed by atoms with Crippen LogP contribution in [0.5, 0.6) is 0 Å². The minimum Gasteiger partial charge on any atom is -0.345 e. The molecule has 1 unspecified atom stereocenters. The monoisotopic (exact) mass is 400 g/mol. The first-order chi connectivity index (χ1) is 13.0. The van der Waals surface area contributed by atoms with Gasteiger partial charge in [0.1, 0.15) is 5.01 Å². The third-order valence-corrected chi connectivity index (χ3v) is 6.19. The van der Waals surface area contributed by atoms with Crippen molar-refractivity contribution in [3.05, 3.63) is 68.1 Å². The van der Waals surface area contributed by atoms with E-state index in [0.717, 1.165) is 22.8 Å². The zero-order valence-electron chi connectivity index (χ0n) is 15.8. The maximum Gasteiger partial charge on any atom is 0.234 e. The lowest BCUT2D eigenvalue weighted by Gasteiger charge is -2.20. The lowest BCUT2D eigenvalue weighted by atomic mass is 10.1. The molecule has 0 radical (unpaired) electrons. The Kier molecular flexibility index (Phi) is 6.71. The van der Waals surface area contributed by atoms with Crippen molar-refractivity contribution in [2.75, 3.05) is 13.6 Å². The molecule has 1 amide bonds. The number of aromatic nitrogens is 2. The van der Waals surface area contributed by atoms with E-state index < -0.39 is 0 Å². The number of pyridine rings is 1. The van der Waals surface area contributed by atoms with Crippen molar-refractivity contribution in [2.24, 2.45) is 0 Å². The smallest absolute Gasteiger partial charge is 0.234 e. The van der Waals surface area contributed by atoms with Gasteiger partial charge in [0.15, 0.2) is 0 Å². The first-order valence-corrected chi connectivity index (χ1v) is 10.6. The van der Waals surface area contributed by atoms with Gasteiger partial charge in [-0.15, -0.1) is 11.3 Å². The maximum absolute atomic E-state index is 12.7. The van der Waals surface area contributed by atoms with E-state index in [9.17, 15) is 4.79 Å². The number of hydrogen-bond donors (Lipinski definition) is 1. The number of nitrogens with zero attached hydrogens (tertiary/aromatic N) is 3. The van der Waals surface area contributed by atoms with Gasteiger partial charge in [0, 0.05) is 24.0 Å². The fourth-order valence-corrected chi connectivity index (χ4v) is 4.46. The topological polar surface area (TPSA) is 58.1 Å². The molecule has 142 valence electrons. The normalized spacial score (nSPS) is 12.3. The number of hydrogen-bond acceptors (Lipinski definition) is 6. The van der Waals surface area contributed by atoms with Crippen LogP contribution in [0.4, 0.5) is 0 Å². The molecule has 1 N–H and O–H groups in total. The molecule has 1 atom stereocenters. The Morgan fingerprint density at radius 3 is 2.78 bits per heavy atom. The number of aryl methyl sites for hydroxylation is 2. The van der Waals surface area contributed by atoms with Gasteiger partial charge in [-0.3, -0.25) is 14.7 Å². The van der Waals surface area contributed by atoms with Crippen molar-refractivity contribution >= 4 is 28.6 Å². The van der Waals surface area contributed by atoms with Crippen LogP contribution in [0, 0.1) is 13.8 Å². The van der Waals surface area contributed by atoms with Crippen LogP contribution in [0.3, 0.4) is 0 Å². The maximum atomic E-state index is 12.7. The molecule has 0 spiro atoms. The van der Waals surface area contributed by atoms with Gasteiger partial charge in [-0.25, -0.2) is 4.98 Å². The zero-order valence-corrected chi connectivity index (χ0v) is 17.4. The number of carbonyl (C=O) groups is 1. The summed E-state index contributed by atoms with van der Waals surface area (Å²) in [4.78, 5) is 24.8. The van der Waals surface area contributed by atoms with Crippen LogP contribution in [0.2, 0.25) is 0 Å². The molecular formula is C20H24N4OS2. The molecule has 3 aromatic heterocycles. The highest BCUT2D eigenvalue weighted by Gasteiger charge is 2.20. The summed E-state index contributed by atoms with van der Waals surface area (Å²) in [5.74, 6) is -0.000771. The molecule has 0 saturated heterocycles. The number of thiazole rings is 1. The van der Waals surface area contributed by atoms with Gasteiger partial charge in [-0.2, -0.15) is 11.3 Å². The Balaban J connectivity index is 1.64. The molecule has 0 fully saturated rings. The van der Waals surface area contributed by atoms with Gasteiger partial charge in [0.05, 0.1) is 24.0 Å². The van der Waals surface area contributed by atoms with Crippen molar-refractivity contribution in [3.63, 3.8) is 0 Å². The van der Waals surface area contributed by atoms with Crippen LogP contribution in [-0.4, -0.2) is 34.4 Å². The van der Waals surface area contributed by atoms with Gasteiger partial charge in [-0.1, -0.05) is 6.07 Å². The van der Waals surface area contributed by atoms with Crippen LogP contribution >= 0.6 is 22.7 Å². The third kappa shape index (κ3) is 5.69. The van der Waals surface area contributed by atoms with Crippen LogP contribution < -0.4 is 5.32 Å². The first kappa shape index (κ1) is 19.7. The van der Waals surface area contributed by atoms with Crippen molar-refractivity contribution in [1.82, 2.24) is 20.2 Å². The fourth-order valence-electron chi connectivity index (χ4n) is 2.80. The highest BCUT2D eigenvalue weighted by atomic mass is 32.1. The standard InChI is InChI=1S/C20H24N4OS2/c1-14-15(2)27-20(22-14)18(10-16-7-9-26-13-16)23-19(25)12-24(3)11-17-6-4-5-8-21-17/h4-9,13,18H,10-12H2,1-3H3,(H,23,25). The molecule has 0 aliphatic rings. The molecule has 0 saturated carbocycles. The van der Waals surface area contributed by atoms with Crippen LogP contribution in [0.25, 0.3) is 0 Å². The van der Waals surface area contributed by atoms with Gasteiger partial charge in [-0.05, 0) is 55.4 Å². The molecule has 0 aliphatic carbocycles. The number of likely N-dealkylation sites (N-methyl/N-ethyl adjacent to an activating group) is 1. The Labute approximate surface area is 168 Å². The lowest BCUT2D eigenvalue weighted by molar-refractivity contribution is -0.122. The highest BCUT2D eigenvalue weighted by molar-refractivity contribution is 7.11. The summed E-state index contributed by atoms with van der Waals surface area (Å²) in [6, 6.07) is 7.82. The Hall–Kier alpha value is -2.09. The molecule has 3 rings (SSSR count).